The summed E-state index contributed by atoms with van der Waals surface area (Å²) >= 11 is 1.38. The molecule has 1 heterocycles. The molecule has 0 bridgehead atoms. The Morgan fingerprint density at radius 1 is 1.78 bits per heavy atom. The molecule has 1 nitrogen and oxygen atoms in total. The molecule has 0 fully saturated rings. The van der Waals surface area contributed by atoms with Crippen LogP contribution in [-0.4, -0.2) is 13.6 Å². The quantitative estimate of drug-likeness (QED) is 0.411. The van der Waals surface area contributed by atoms with Crippen molar-refractivity contribution in [2.75, 3.05) is 0 Å². The normalized spacial score (nSPS) is 9.44. The van der Waals surface area contributed by atoms with Crippen molar-refractivity contribution in [3.05, 3.63) is 16.3 Å². The van der Waals surface area contributed by atoms with E-state index in [2.05, 4.69) is 0 Å². The van der Waals surface area contributed by atoms with Crippen molar-refractivity contribution in [1.29, 1.82) is 0 Å². The van der Waals surface area contributed by atoms with E-state index in [0.29, 0.717) is 5.46 Å². The van der Waals surface area contributed by atoms with Crippen LogP contribution in [0.2, 0.25) is 0 Å². The molecular formula is C6H5BOS. The lowest BCUT2D eigenvalue weighted by molar-refractivity contribution is 0.102. The van der Waals surface area contributed by atoms with Gasteiger partial charge in [-0.3, -0.25) is 4.79 Å². The van der Waals surface area contributed by atoms with Crippen molar-refractivity contribution < 1.29 is 4.79 Å². The van der Waals surface area contributed by atoms with Crippen LogP contribution in [0.25, 0.3) is 0 Å². The molecule has 0 atom stereocenters. The van der Waals surface area contributed by atoms with Crippen LogP contribution in [0.15, 0.2) is 11.4 Å². The van der Waals surface area contributed by atoms with E-state index in [1.165, 1.54) is 18.3 Å². The maximum absolute atomic E-state index is 10.6. The summed E-state index contributed by atoms with van der Waals surface area (Å²) in [6.07, 6.45) is 0. The Bertz CT molecular complexity index is 229. The lowest BCUT2D eigenvalue weighted by Gasteiger charge is -1.80. The molecule has 0 aromatic carbocycles. The van der Waals surface area contributed by atoms with E-state index >= 15 is 0 Å². The molecule has 0 amide bonds. The highest BCUT2D eigenvalue weighted by molar-refractivity contribution is 7.13. The van der Waals surface area contributed by atoms with E-state index in [-0.39, 0.29) is 5.78 Å². The Morgan fingerprint density at radius 3 is 2.67 bits per heavy atom. The Kier molecular flexibility index (Phi) is 1.71. The molecule has 0 aliphatic rings. The van der Waals surface area contributed by atoms with Crippen LogP contribution in [0.1, 0.15) is 16.6 Å². The first-order valence-electron chi connectivity index (χ1n) is 2.55. The average molecular weight is 136 g/mol. The minimum atomic E-state index is 0.0803. The number of carbonyl (C=O) groups is 1. The summed E-state index contributed by atoms with van der Waals surface area (Å²) < 4.78 is 0. The first-order valence-corrected chi connectivity index (χ1v) is 3.43. The predicted octanol–water partition coefficient (Wildman–Crippen LogP) is 0.745. The standard InChI is InChI=1S/C6H5BOS/c1-4(8)6-2-5(7)3-9-6/h2-3H,1H3. The van der Waals surface area contributed by atoms with Gasteiger partial charge in [-0.2, -0.15) is 0 Å². The minimum absolute atomic E-state index is 0.0803. The fourth-order valence-corrected chi connectivity index (χ4v) is 1.24. The Labute approximate surface area is 59.1 Å². The van der Waals surface area contributed by atoms with E-state index in [1.807, 2.05) is 0 Å². The molecule has 0 spiro atoms. The summed E-state index contributed by atoms with van der Waals surface area (Å²) in [7, 11) is 5.37. The van der Waals surface area contributed by atoms with Gasteiger partial charge in [0.05, 0.1) is 4.88 Å². The van der Waals surface area contributed by atoms with Crippen LogP contribution in [0.3, 0.4) is 0 Å². The van der Waals surface area contributed by atoms with E-state index in [0.717, 1.165) is 4.88 Å². The molecular weight excluding hydrogens is 131 g/mol. The molecule has 0 aliphatic carbocycles. The Hall–Kier alpha value is -0.565. The van der Waals surface area contributed by atoms with Crippen molar-refractivity contribution >= 4 is 30.4 Å². The second-order valence-corrected chi connectivity index (χ2v) is 2.71. The van der Waals surface area contributed by atoms with Crippen molar-refractivity contribution in [3.63, 3.8) is 0 Å². The maximum atomic E-state index is 10.6. The van der Waals surface area contributed by atoms with Gasteiger partial charge in [0.2, 0.25) is 0 Å². The molecule has 3 heteroatoms. The van der Waals surface area contributed by atoms with Crippen LogP contribution in [0.5, 0.6) is 0 Å². The molecule has 2 radical (unpaired) electrons. The minimum Gasteiger partial charge on any atom is -0.294 e. The Balaban J connectivity index is 2.98. The van der Waals surface area contributed by atoms with Crippen molar-refractivity contribution in [2.45, 2.75) is 6.92 Å². The van der Waals surface area contributed by atoms with Gasteiger partial charge in [0.15, 0.2) is 5.78 Å². The largest absolute Gasteiger partial charge is 0.294 e. The summed E-state index contributed by atoms with van der Waals surface area (Å²) in [5.74, 6) is 0.0803. The zero-order valence-electron chi connectivity index (χ0n) is 5.05. The van der Waals surface area contributed by atoms with Crippen LogP contribution in [0, 0.1) is 0 Å². The monoisotopic (exact) mass is 136 g/mol. The third kappa shape index (κ3) is 1.42. The molecule has 9 heavy (non-hydrogen) atoms. The SMILES string of the molecule is [B]c1csc(C(C)=O)c1. The first-order chi connectivity index (χ1) is 4.20. The number of thiophene rings is 1. The predicted molar refractivity (Wildman–Crippen MR) is 39.7 cm³/mol. The molecule has 0 saturated heterocycles. The van der Waals surface area contributed by atoms with E-state index < -0.39 is 0 Å². The topological polar surface area (TPSA) is 17.1 Å². The first kappa shape index (κ1) is 6.55. The van der Waals surface area contributed by atoms with Crippen LogP contribution in [-0.2, 0) is 0 Å². The second-order valence-electron chi connectivity index (χ2n) is 1.80. The van der Waals surface area contributed by atoms with Crippen LogP contribution in [0.4, 0.5) is 0 Å². The number of hydrogen-bond donors (Lipinski definition) is 0. The van der Waals surface area contributed by atoms with Gasteiger partial charge in [-0.05, 0) is 18.4 Å². The molecule has 1 rings (SSSR count). The van der Waals surface area contributed by atoms with Crippen LogP contribution >= 0.6 is 11.3 Å². The van der Waals surface area contributed by atoms with Crippen LogP contribution < -0.4 is 5.46 Å². The summed E-state index contributed by atoms with van der Waals surface area (Å²) in [5.41, 5.74) is 0.671. The zero-order chi connectivity index (χ0) is 6.85. The zero-order valence-corrected chi connectivity index (χ0v) is 5.87. The van der Waals surface area contributed by atoms with Gasteiger partial charge >= 0.3 is 0 Å². The van der Waals surface area contributed by atoms with Gasteiger partial charge in [0.1, 0.15) is 7.85 Å². The molecule has 1 aromatic rings. The summed E-state index contributed by atoms with van der Waals surface area (Å²) in [6.45, 7) is 1.53. The number of carbonyl (C=O) groups excluding carboxylic acids is 1. The van der Waals surface area contributed by atoms with Crippen molar-refractivity contribution in [1.82, 2.24) is 0 Å². The molecule has 0 N–H and O–H groups in total. The molecule has 1 aromatic heterocycles. The lowest BCUT2D eigenvalue weighted by Crippen LogP contribution is -1.95. The number of ketones is 1. The summed E-state index contributed by atoms with van der Waals surface area (Å²) in [6, 6.07) is 1.69. The third-order valence-corrected chi connectivity index (χ3v) is 2.02. The summed E-state index contributed by atoms with van der Waals surface area (Å²) in [5, 5.41) is 1.76. The maximum Gasteiger partial charge on any atom is 0.169 e. The molecule has 44 valence electrons. The van der Waals surface area contributed by atoms with Crippen molar-refractivity contribution in [3.8, 4) is 0 Å². The van der Waals surface area contributed by atoms with Gasteiger partial charge in [0, 0.05) is 0 Å². The smallest absolute Gasteiger partial charge is 0.169 e. The highest BCUT2D eigenvalue weighted by Crippen LogP contribution is 2.05. The van der Waals surface area contributed by atoms with Gasteiger partial charge in [-0.15, -0.1) is 11.3 Å². The highest BCUT2D eigenvalue weighted by atomic mass is 32.1. The van der Waals surface area contributed by atoms with Gasteiger partial charge < -0.3 is 0 Å². The van der Waals surface area contributed by atoms with Gasteiger partial charge in [0.25, 0.3) is 0 Å². The Morgan fingerprint density at radius 2 is 2.44 bits per heavy atom. The fourth-order valence-electron chi connectivity index (χ4n) is 0.536. The fraction of sp³-hybridized carbons (Fsp3) is 0.167. The van der Waals surface area contributed by atoms with Gasteiger partial charge in [-0.25, -0.2) is 0 Å². The number of rotatable bonds is 1. The van der Waals surface area contributed by atoms with Gasteiger partial charge in [-0.1, -0.05) is 5.46 Å². The average Bonchev–Trinajstić information content (AvgIpc) is 2.14. The van der Waals surface area contributed by atoms with E-state index in [9.17, 15) is 4.79 Å². The second kappa shape index (κ2) is 2.35. The van der Waals surface area contributed by atoms with Crippen molar-refractivity contribution in [2.24, 2.45) is 0 Å². The molecule has 0 saturated carbocycles. The van der Waals surface area contributed by atoms with E-state index in [1.54, 1.807) is 11.4 Å². The number of Topliss-reactive ketones (excluding diaryl/α,β-unsaturated/α-hetero) is 1. The highest BCUT2D eigenvalue weighted by Gasteiger charge is 1.98. The molecule has 0 aliphatic heterocycles. The third-order valence-electron chi connectivity index (χ3n) is 0.967. The summed E-state index contributed by atoms with van der Waals surface area (Å²) in [4.78, 5) is 11.3. The van der Waals surface area contributed by atoms with E-state index in [4.69, 9.17) is 7.85 Å². The molecule has 0 unspecified atom stereocenters. The lowest BCUT2D eigenvalue weighted by atomic mass is 10.0. The number of hydrogen-bond acceptors (Lipinski definition) is 2.